The number of aromatic carboxylic acids is 1. The van der Waals surface area contributed by atoms with E-state index in [1.807, 2.05) is 0 Å². The molecule has 1 amide bonds. The van der Waals surface area contributed by atoms with Gasteiger partial charge in [0.2, 0.25) is 5.91 Å². The Morgan fingerprint density at radius 3 is 2.61 bits per heavy atom. The number of nitrogens with one attached hydrogen (secondary N) is 1. The van der Waals surface area contributed by atoms with Crippen LogP contribution in [0.15, 0.2) is 54.7 Å². The fourth-order valence-electron chi connectivity index (χ4n) is 2.77. The van der Waals surface area contributed by atoms with Crippen molar-refractivity contribution in [1.29, 1.82) is 0 Å². The summed E-state index contributed by atoms with van der Waals surface area (Å²) in [6, 6.07) is 12.0. The number of nitro groups is 1. The van der Waals surface area contributed by atoms with E-state index in [1.54, 1.807) is 24.3 Å². The summed E-state index contributed by atoms with van der Waals surface area (Å²) in [7, 11) is 1.47. The molecule has 2 aromatic carbocycles. The van der Waals surface area contributed by atoms with Gasteiger partial charge in [-0.3, -0.25) is 19.6 Å². The molecule has 0 atom stereocenters. The Balaban J connectivity index is 1.75. The number of methoxy groups -OCH3 is 1. The van der Waals surface area contributed by atoms with Gasteiger partial charge in [-0.1, -0.05) is 12.1 Å². The lowest BCUT2D eigenvalue weighted by Gasteiger charge is -2.12. The van der Waals surface area contributed by atoms with Crippen LogP contribution in [0.5, 0.6) is 17.2 Å². The Bertz CT molecular complexity index is 1130. The zero-order valence-electron chi connectivity index (χ0n) is 16.3. The zero-order chi connectivity index (χ0) is 22.4. The van der Waals surface area contributed by atoms with Crippen molar-refractivity contribution < 1.29 is 29.1 Å². The molecule has 0 aliphatic rings. The molecule has 0 saturated carbocycles. The highest BCUT2D eigenvalue weighted by Crippen LogP contribution is 2.34. The molecule has 3 rings (SSSR count). The molecule has 0 saturated heterocycles. The monoisotopic (exact) mass is 426 g/mol. The van der Waals surface area contributed by atoms with Crippen LogP contribution >= 0.6 is 0 Å². The first-order chi connectivity index (χ1) is 14.9. The van der Waals surface area contributed by atoms with E-state index < -0.39 is 16.8 Å². The molecular formula is C20H18N4O7. The topological polar surface area (TPSA) is 146 Å². The van der Waals surface area contributed by atoms with E-state index >= 15 is 0 Å². The maximum atomic E-state index is 12.3. The lowest BCUT2D eigenvalue weighted by Crippen LogP contribution is -2.17. The van der Waals surface area contributed by atoms with Crippen LogP contribution in [0.1, 0.15) is 16.9 Å². The standard InChI is InChI=1S/C20H18N4O7/c1-30-17-4-2-3-5-18(17)31-15-11-13(10-14(12-15)24(28)29)22-19(25)7-9-23-16(20(26)27)6-8-21-23/h2-6,8,10-12H,7,9H2,1H3,(H,22,25)(H,26,27). The van der Waals surface area contributed by atoms with Crippen molar-refractivity contribution in [3.8, 4) is 17.2 Å². The number of non-ortho nitro benzene ring substituents is 1. The van der Waals surface area contributed by atoms with Gasteiger partial charge in [0, 0.05) is 24.8 Å². The van der Waals surface area contributed by atoms with Crippen LogP contribution in [-0.4, -0.2) is 38.8 Å². The number of ether oxygens (including phenoxy) is 2. The van der Waals surface area contributed by atoms with Crippen LogP contribution in [0.2, 0.25) is 0 Å². The maximum Gasteiger partial charge on any atom is 0.354 e. The normalized spacial score (nSPS) is 10.4. The number of hydrogen-bond acceptors (Lipinski definition) is 7. The number of aromatic nitrogens is 2. The van der Waals surface area contributed by atoms with Crippen LogP contribution in [0.3, 0.4) is 0 Å². The average molecular weight is 426 g/mol. The maximum absolute atomic E-state index is 12.3. The lowest BCUT2D eigenvalue weighted by molar-refractivity contribution is -0.384. The van der Waals surface area contributed by atoms with Crippen LogP contribution in [0.4, 0.5) is 11.4 Å². The van der Waals surface area contributed by atoms with Crippen molar-refractivity contribution in [2.75, 3.05) is 12.4 Å². The van der Waals surface area contributed by atoms with Gasteiger partial charge in [0.1, 0.15) is 11.4 Å². The molecule has 0 bridgehead atoms. The molecular weight excluding hydrogens is 408 g/mol. The summed E-state index contributed by atoms with van der Waals surface area (Å²) in [5.41, 5.74) is -0.165. The highest BCUT2D eigenvalue weighted by Gasteiger charge is 2.15. The number of amides is 1. The van der Waals surface area contributed by atoms with Gasteiger partial charge in [0.25, 0.3) is 5.69 Å². The van der Waals surface area contributed by atoms with E-state index in [0.29, 0.717) is 11.5 Å². The molecule has 3 aromatic rings. The number of para-hydroxylation sites is 2. The SMILES string of the molecule is COc1ccccc1Oc1cc(NC(=O)CCn2nccc2C(=O)O)cc([N+](=O)[O-])c1. The summed E-state index contributed by atoms with van der Waals surface area (Å²) < 4.78 is 12.1. The van der Waals surface area contributed by atoms with Crippen LogP contribution in [-0.2, 0) is 11.3 Å². The Morgan fingerprint density at radius 1 is 1.19 bits per heavy atom. The first kappa shape index (κ1) is 21.3. The van der Waals surface area contributed by atoms with Crippen LogP contribution < -0.4 is 14.8 Å². The number of aryl methyl sites for hydroxylation is 1. The molecule has 0 aliphatic heterocycles. The highest BCUT2D eigenvalue weighted by molar-refractivity contribution is 5.91. The van der Waals surface area contributed by atoms with E-state index in [4.69, 9.17) is 14.6 Å². The van der Waals surface area contributed by atoms with Gasteiger partial charge in [0.05, 0.1) is 30.3 Å². The van der Waals surface area contributed by atoms with Gasteiger partial charge >= 0.3 is 5.97 Å². The quantitative estimate of drug-likeness (QED) is 0.391. The van der Waals surface area contributed by atoms with Gasteiger partial charge in [-0.15, -0.1) is 0 Å². The number of nitrogens with zero attached hydrogens (tertiary/aromatic N) is 3. The predicted octanol–water partition coefficient (Wildman–Crippen LogP) is 3.32. The Morgan fingerprint density at radius 2 is 1.94 bits per heavy atom. The van der Waals surface area contributed by atoms with Crippen LogP contribution in [0, 0.1) is 10.1 Å². The average Bonchev–Trinajstić information content (AvgIpc) is 3.21. The summed E-state index contributed by atoms with van der Waals surface area (Å²) in [5.74, 6) is -0.713. The lowest BCUT2D eigenvalue weighted by atomic mass is 10.2. The van der Waals surface area contributed by atoms with E-state index in [1.165, 1.54) is 42.3 Å². The highest BCUT2D eigenvalue weighted by atomic mass is 16.6. The summed E-state index contributed by atoms with van der Waals surface area (Å²) in [5, 5.41) is 26.8. The molecule has 0 spiro atoms. The Hall–Kier alpha value is -4.41. The number of hydrogen-bond donors (Lipinski definition) is 2. The van der Waals surface area contributed by atoms with Crippen molar-refractivity contribution in [3.63, 3.8) is 0 Å². The number of benzene rings is 2. The minimum Gasteiger partial charge on any atom is -0.493 e. The molecule has 31 heavy (non-hydrogen) atoms. The molecule has 11 nitrogen and oxygen atoms in total. The molecule has 160 valence electrons. The summed E-state index contributed by atoms with van der Waals surface area (Å²) in [6.45, 7) is 0.0277. The third-order valence-electron chi connectivity index (χ3n) is 4.17. The smallest absolute Gasteiger partial charge is 0.354 e. The number of carboxylic acids is 1. The van der Waals surface area contributed by atoms with Gasteiger partial charge in [-0.25, -0.2) is 4.79 Å². The molecule has 0 unspecified atom stereocenters. The van der Waals surface area contributed by atoms with E-state index in [0.717, 1.165) is 0 Å². The molecule has 1 heterocycles. The first-order valence-corrected chi connectivity index (χ1v) is 9.02. The van der Waals surface area contributed by atoms with Crippen molar-refractivity contribution in [1.82, 2.24) is 9.78 Å². The fourth-order valence-corrected chi connectivity index (χ4v) is 2.77. The van der Waals surface area contributed by atoms with E-state index in [-0.39, 0.29) is 35.8 Å². The molecule has 2 N–H and O–H groups in total. The van der Waals surface area contributed by atoms with Crippen molar-refractivity contribution >= 4 is 23.3 Å². The van der Waals surface area contributed by atoms with Gasteiger partial charge in [0.15, 0.2) is 11.5 Å². The third kappa shape index (κ3) is 5.35. The first-order valence-electron chi connectivity index (χ1n) is 9.02. The van der Waals surface area contributed by atoms with Crippen molar-refractivity contribution in [2.45, 2.75) is 13.0 Å². The number of carbonyl (C=O) groups excluding carboxylic acids is 1. The predicted molar refractivity (Wildman–Crippen MR) is 109 cm³/mol. The zero-order valence-corrected chi connectivity index (χ0v) is 16.3. The number of carboxylic acid groups (broad SMARTS) is 1. The number of nitro benzene ring substituents is 1. The van der Waals surface area contributed by atoms with Gasteiger partial charge in [-0.2, -0.15) is 5.10 Å². The van der Waals surface area contributed by atoms with Crippen molar-refractivity contribution in [3.05, 3.63) is 70.5 Å². The molecule has 0 aliphatic carbocycles. The Kier molecular flexibility index (Phi) is 6.45. The van der Waals surface area contributed by atoms with Crippen molar-refractivity contribution in [2.24, 2.45) is 0 Å². The molecule has 0 fully saturated rings. The van der Waals surface area contributed by atoms with E-state index in [9.17, 15) is 19.7 Å². The minimum atomic E-state index is -1.16. The second-order valence-electron chi connectivity index (χ2n) is 6.27. The summed E-state index contributed by atoms with van der Waals surface area (Å²) >= 11 is 0. The number of rotatable bonds is 9. The second kappa shape index (κ2) is 9.39. The second-order valence-corrected chi connectivity index (χ2v) is 6.27. The Labute approximate surface area is 176 Å². The molecule has 0 radical (unpaired) electrons. The van der Waals surface area contributed by atoms with E-state index in [2.05, 4.69) is 10.4 Å². The molecule has 1 aromatic heterocycles. The largest absolute Gasteiger partial charge is 0.493 e. The number of anilines is 1. The summed E-state index contributed by atoms with van der Waals surface area (Å²) in [4.78, 5) is 34.1. The van der Waals surface area contributed by atoms with Gasteiger partial charge in [-0.05, 0) is 18.2 Å². The fraction of sp³-hybridized carbons (Fsp3) is 0.150. The third-order valence-corrected chi connectivity index (χ3v) is 4.17. The molecule has 11 heteroatoms. The minimum absolute atomic E-state index is 0.0277. The van der Waals surface area contributed by atoms with Gasteiger partial charge < -0.3 is 19.9 Å². The van der Waals surface area contributed by atoms with Crippen LogP contribution in [0.25, 0.3) is 0 Å². The number of carbonyl (C=O) groups is 2. The summed E-state index contributed by atoms with van der Waals surface area (Å²) in [6.07, 6.45) is 1.23.